The summed E-state index contributed by atoms with van der Waals surface area (Å²) < 4.78 is 6.05. The molecule has 26 heavy (non-hydrogen) atoms. The van der Waals surface area contributed by atoms with Gasteiger partial charge in [-0.3, -0.25) is 9.79 Å². The summed E-state index contributed by atoms with van der Waals surface area (Å²) in [5.74, 6) is 2.46. The van der Waals surface area contributed by atoms with Crippen LogP contribution in [0.1, 0.15) is 51.4 Å². The molecule has 4 rings (SSSR count). The van der Waals surface area contributed by atoms with Gasteiger partial charge in [0.15, 0.2) is 5.96 Å². The van der Waals surface area contributed by atoms with Crippen LogP contribution in [0.4, 0.5) is 0 Å². The van der Waals surface area contributed by atoms with Crippen LogP contribution < -0.4 is 10.6 Å². The molecule has 0 spiro atoms. The second kappa shape index (κ2) is 9.08. The maximum absolute atomic E-state index is 12.1. The average molecular weight is 476 g/mol. The van der Waals surface area contributed by atoms with Crippen LogP contribution in [-0.4, -0.2) is 61.7 Å². The SMILES string of the molecule is CN=C(NCCC(=O)NC1CCCCC1)N1CC2C3CCC(O3)C2C1.I. The monoisotopic (exact) mass is 476 g/mol. The van der Waals surface area contributed by atoms with Crippen molar-refractivity contribution >= 4 is 35.8 Å². The molecule has 6 nitrogen and oxygen atoms in total. The molecule has 0 radical (unpaired) electrons. The van der Waals surface area contributed by atoms with Crippen molar-refractivity contribution < 1.29 is 9.53 Å². The number of rotatable bonds is 4. The molecule has 148 valence electrons. The zero-order valence-electron chi connectivity index (χ0n) is 15.8. The molecule has 3 saturated heterocycles. The number of likely N-dealkylation sites (tertiary alicyclic amines) is 1. The first-order valence-electron chi connectivity index (χ1n) is 10.1. The molecule has 3 heterocycles. The largest absolute Gasteiger partial charge is 0.374 e. The molecule has 3 aliphatic heterocycles. The van der Waals surface area contributed by atoms with Crippen LogP contribution in [0.2, 0.25) is 0 Å². The van der Waals surface area contributed by atoms with Gasteiger partial charge in [0.2, 0.25) is 5.91 Å². The third-order valence-corrected chi connectivity index (χ3v) is 6.57. The lowest BCUT2D eigenvalue weighted by atomic mass is 9.82. The van der Waals surface area contributed by atoms with Crippen LogP contribution in [0.25, 0.3) is 0 Å². The van der Waals surface area contributed by atoms with Crippen LogP contribution in [0, 0.1) is 11.8 Å². The van der Waals surface area contributed by atoms with Crippen molar-refractivity contribution in [1.29, 1.82) is 0 Å². The summed E-state index contributed by atoms with van der Waals surface area (Å²) in [6.07, 6.45) is 10.0. The minimum Gasteiger partial charge on any atom is -0.374 e. The Morgan fingerprint density at radius 3 is 2.35 bits per heavy atom. The van der Waals surface area contributed by atoms with Crippen LogP contribution in [0.5, 0.6) is 0 Å². The van der Waals surface area contributed by atoms with E-state index >= 15 is 0 Å². The van der Waals surface area contributed by atoms with E-state index in [4.69, 9.17) is 4.74 Å². The van der Waals surface area contributed by atoms with Crippen molar-refractivity contribution in [1.82, 2.24) is 15.5 Å². The molecule has 4 unspecified atom stereocenters. The molecule has 0 aromatic carbocycles. The number of hydrogen-bond acceptors (Lipinski definition) is 3. The standard InChI is InChI=1S/C19H32N4O2.HI/c1-20-19(21-10-9-18(24)22-13-5-3-2-4-6-13)23-11-14-15(12-23)17-8-7-16(14)25-17;/h13-17H,2-12H2,1H3,(H,20,21)(H,22,24);1H. The van der Waals surface area contributed by atoms with Crippen molar-refractivity contribution in [2.75, 3.05) is 26.7 Å². The average Bonchev–Trinajstić information content (AvgIpc) is 3.32. The number of carbonyl (C=O) groups excluding carboxylic acids is 1. The van der Waals surface area contributed by atoms with Gasteiger partial charge in [-0.1, -0.05) is 19.3 Å². The number of halogens is 1. The number of amides is 1. The third kappa shape index (κ3) is 4.29. The van der Waals surface area contributed by atoms with Gasteiger partial charge in [-0.05, 0) is 25.7 Å². The van der Waals surface area contributed by atoms with Crippen LogP contribution >= 0.6 is 24.0 Å². The molecule has 1 saturated carbocycles. The number of carbonyl (C=O) groups is 1. The maximum atomic E-state index is 12.1. The Morgan fingerprint density at radius 1 is 1.08 bits per heavy atom. The Labute approximate surface area is 173 Å². The third-order valence-electron chi connectivity index (χ3n) is 6.57. The molecule has 7 heteroatoms. The smallest absolute Gasteiger partial charge is 0.221 e. The highest BCUT2D eigenvalue weighted by Crippen LogP contribution is 2.47. The highest BCUT2D eigenvalue weighted by molar-refractivity contribution is 14.0. The first-order chi connectivity index (χ1) is 12.2. The summed E-state index contributed by atoms with van der Waals surface area (Å²) in [5.41, 5.74) is 0. The van der Waals surface area contributed by atoms with E-state index in [2.05, 4.69) is 20.5 Å². The summed E-state index contributed by atoms with van der Waals surface area (Å²) in [6.45, 7) is 2.74. The van der Waals surface area contributed by atoms with Crippen molar-refractivity contribution in [3.63, 3.8) is 0 Å². The van der Waals surface area contributed by atoms with E-state index in [9.17, 15) is 4.79 Å². The lowest BCUT2D eigenvalue weighted by molar-refractivity contribution is -0.121. The predicted molar refractivity (Wildman–Crippen MR) is 113 cm³/mol. The van der Waals surface area contributed by atoms with Crippen molar-refractivity contribution in [3.8, 4) is 0 Å². The lowest BCUT2D eigenvalue weighted by Gasteiger charge is -2.24. The topological polar surface area (TPSA) is 66.0 Å². The van der Waals surface area contributed by atoms with Gasteiger partial charge in [0.05, 0.1) is 12.2 Å². The molecule has 2 N–H and O–H groups in total. The number of hydrogen-bond donors (Lipinski definition) is 2. The van der Waals surface area contributed by atoms with Crippen LogP contribution in [0.3, 0.4) is 0 Å². The molecule has 0 aromatic heterocycles. The second-order valence-electron chi connectivity index (χ2n) is 8.15. The fourth-order valence-electron chi connectivity index (χ4n) is 5.30. The van der Waals surface area contributed by atoms with E-state index in [-0.39, 0.29) is 29.9 Å². The normalized spacial score (nSPS) is 33.7. The summed E-state index contributed by atoms with van der Waals surface area (Å²) in [6, 6.07) is 0.397. The van der Waals surface area contributed by atoms with Gasteiger partial charge in [-0.15, -0.1) is 24.0 Å². The molecule has 4 atom stereocenters. The van der Waals surface area contributed by atoms with Crippen molar-refractivity contribution in [2.45, 2.75) is 69.6 Å². The summed E-state index contributed by atoms with van der Waals surface area (Å²) in [5, 5.41) is 6.58. The Bertz CT molecular complexity index is 506. The van der Waals surface area contributed by atoms with E-state index in [1.165, 1.54) is 32.1 Å². The van der Waals surface area contributed by atoms with Gasteiger partial charge in [0.1, 0.15) is 0 Å². The van der Waals surface area contributed by atoms with Gasteiger partial charge < -0.3 is 20.3 Å². The van der Waals surface area contributed by atoms with Crippen LogP contribution in [-0.2, 0) is 9.53 Å². The molecule has 4 fully saturated rings. The summed E-state index contributed by atoms with van der Waals surface area (Å²) in [7, 11) is 1.84. The number of guanidine groups is 1. The highest BCUT2D eigenvalue weighted by Gasteiger charge is 2.53. The summed E-state index contributed by atoms with van der Waals surface area (Å²) >= 11 is 0. The number of aliphatic imine (C=N–C) groups is 1. The molecule has 4 aliphatic rings. The lowest BCUT2D eigenvalue weighted by Crippen LogP contribution is -2.43. The van der Waals surface area contributed by atoms with Crippen LogP contribution in [0.15, 0.2) is 4.99 Å². The van der Waals surface area contributed by atoms with E-state index in [0.717, 1.165) is 31.9 Å². The van der Waals surface area contributed by atoms with Crippen molar-refractivity contribution in [3.05, 3.63) is 0 Å². The predicted octanol–water partition coefficient (Wildman–Crippen LogP) is 2.13. The zero-order valence-corrected chi connectivity index (χ0v) is 18.1. The minimum atomic E-state index is 0. The molecule has 1 amide bonds. The quantitative estimate of drug-likeness (QED) is 0.371. The Balaban J connectivity index is 0.00000196. The fraction of sp³-hybridized carbons (Fsp3) is 0.895. The number of nitrogens with one attached hydrogen (secondary N) is 2. The first-order valence-corrected chi connectivity index (χ1v) is 10.1. The van der Waals surface area contributed by atoms with Gasteiger partial charge in [-0.25, -0.2) is 0 Å². The number of fused-ring (bicyclic) bond motifs is 5. The van der Waals surface area contributed by atoms with Crippen molar-refractivity contribution in [2.24, 2.45) is 16.8 Å². The Kier molecular flexibility index (Phi) is 7.05. The molecule has 2 bridgehead atoms. The van der Waals surface area contributed by atoms with E-state index in [1.54, 1.807) is 0 Å². The molecular weight excluding hydrogens is 443 g/mol. The van der Waals surface area contributed by atoms with E-state index in [1.807, 2.05) is 7.05 Å². The zero-order chi connectivity index (χ0) is 17.2. The molecular formula is C19H33IN4O2. The Hall–Kier alpha value is -0.570. The highest BCUT2D eigenvalue weighted by atomic mass is 127. The van der Waals surface area contributed by atoms with Gasteiger partial charge in [0.25, 0.3) is 0 Å². The maximum Gasteiger partial charge on any atom is 0.221 e. The first kappa shape index (κ1) is 20.2. The van der Waals surface area contributed by atoms with E-state index in [0.29, 0.717) is 43.1 Å². The van der Waals surface area contributed by atoms with Gasteiger partial charge in [-0.2, -0.15) is 0 Å². The Morgan fingerprint density at radius 2 is 1.73 bits per heavy atom. The minimum absolute atomic E-state index is 0. The summed E-state index contributed by atoms with van der Waals surface area (Å²) in [4.78, 5) is 18.9. The van der Waals surface area contributed by atoms with Gasteiger partial charge >= 0.3 is 0 Å². The number of nitrogens with zero attached hydrogens (tertiary/aromatic N) is 2. The van der Waals surface area contributed by atoms with E-state index < -0.39 is 0 Å². The molecule has 1 aliphatic carbocycles. The molecule has 0 aromatic rings. The van der Waals surface area contributed by atoms with Gasteiger partial charge in [0, 0.05) is 51.0 Å². The fourth-order valence-corrected chi connectivity index (χ4v) is 5.30. The number of ether oxygens (including phenoxy) is 1. The second-order valence-corrected chi connectivity index (χ2v) is 8.15.